The van der Waals surface area contributed by atoms with Gasteiger partial charge in [0.15, 0.2) is 0 Å². The fourth-order valence-electron chi connectivity index (χ4n) is 5.25. The van der Waals surface area contributed by atoms with Crippen molar-refractivity contribution in [2.45, 2.75) is 30.5 Å². The van der Waals surface area contributed by atoms with Crippen LogP contribution >= 0.6 is 7.82 Å². The smallest absolute Gasteiger partial charge is 0.497 e. The van der Waals surface area contributed by atoms with Gasteiger partial charge in [0.25, 0.3) is 0 Å². The maximum atomic E-state index is 13.3. The number of methoxy groups -OCH3 is 2. The van der Waals surface area contributed by atoms with E-state index < -0.39 is 38.3 Å². The summed E-state index contributed by atoms with van der Waals surface area (Å²) in [4.78, 5) is 0. The third-order valence-corrected chi connectivity index (χ3v) is 9.03. The van der Waals surface area contributed by atoms with Crippen molar-refractivity contribution in [2.24, 2.45) is 0 Å². The normalized spacial score (nSPS) is 19.5. The quantitative estimate of drug-likeness (QED) is 0.136. The average molecular weight is 637 g/mol. The highest BCUT2D eigenvalue weighted by molar-refractivity contribution is 7.48. The molecule has 1 fully saturated rings. The Bertz CT molecular complexity index is 1500. The summed E-state index contributed by atoms with van der Waals surface area (Å²) in [7, 11) is 0.284. The van der Waals surface area contributed by atoms with E-state index in [-0.39, 0.29) is 19.0 Å². The third-order valence-electron chi connectivity index (χ3n) is 7.65. The number of benzene rings is 4. The van der Waals surface area contributed by atoms with Crippen LogP contribution in [-0.2, 0) is 35.3 Å². The maximum absolute atomic E-state index is 13.3. The number of hydrogen-bond donors (Lipinski definition) is 2. The molecule has 0 amide bonds. The molecule has 11 heteroatoms. The fraction of sp³-hybridized carbons (Fsp3) is 0.294. The molecular weight excluding hydrogens is 599 g/mol. The zero-order valence-corrected chi connectivity index (χ0v) is 26.2. The van der Waals surface area contributed by atoms with Crippen LogP contribution in [0, 0.1) is 0 Å². The summed E-state index contributed by atoms with van der Waals surface area (Å²) >= 11 is 0. The molecule has 0 aromatic heterocycles. The molecule has 3 unspecified atom stereocenters. The number of aliphatic hydroxyl groups is 2. The van der Waals surface area contributed by atoms with Crippen LogP contribution in [0.1, 0.15) is 22.3 Å². The van der Waals surface area contributed by atoms with Gasteiger partial charge in [-0.1, -0.05) is 66.7 Å². The van der Waals surface area contributed by atoms with Crippen molar-refractivity contribution in [1.82, 2.24) is 0 Å². The lowest BCUT2D eigenvalue weighted by molar-refractivity contribution is -0.00722. The molecule has 45 heavy (non-hydrogen) atoms. The lowest BCUT2D eigenvalue weighted by atomic mass is 9.80. The largest absolute Gasteiger partial charge is 0.530 e. The Kier molecular flexibility index (Phi) is 10.6. The molecule has 4 aromatic rings. The van der Waals surface area contributed by atoms with Crippen LogP contribution in [0.2, 0.25) is 0 Å². The van der Waals surface area contributed by atoms with Gasteiger partial charge in [0.2, 0.25) is 0 Å². The molecule has 1 saturated heterocycles. The van der Waals surface area contributed by atoms with Crippen LogP contribution < -0.4 is 14.0 Å². The van der Waals surface area contributed by atoms with E-state index in [9.17, 15) is 14.8 Å². The second-order valence-corrected chi connectivity index (χ2v) is 12.0. The average Bonchev–Trinajstić information content (AvgIpc) is 3.44. The summed E-state index contributed by atoms with van der Waals surface area (Å²) in [6.07, 6.45) is -3.02. The molecule has 238 valence electrons. The summed E-state index contributed by atoms with van der Waals surface area (Å²) in [6, 6.07) is 32.4. The number of rotatable bonds is 14. The fourth-order valence-corrected chi connectivity index (χ4v) is 6.40. The van der Waals surface area contributed by atoms with Gasteiger partial charge in [0.05, 0.1) is 34.0 Å². The Hall–Kier alpha value is -3.73. The van der Waals surface area contributed by atoms with E-state index in [0.29, 0.717) is 0 Å². The van der Waals surface area contributed by atoms with Gasteiger partial charge in [-0.2, -0.15) is 0 Å². The Morgan fingerprint density at radius 3 is 1.82 bits per heavy atom. The summed E-state index contributed by atoms with van der Waals surface area (Å²) in [5.74, 6) is 1.67. The Balaban J connectivity index is 1.42. The monoisotopic (exact) mass is 636 g/mol. The lowest BCUT2D eigenvalue weighted by Gasteiger charge is -2.36. The number of ether oxygens (including phenoxy) is 4. The van der Waals surface area contributed by atoms with E-state index in [1.165, 1.54) is 7.11 Å². The molecule has 1 heterocycles. The number of aliphatic hydroxyl groups excluding tert-OH is 2. The summed E-state index contributed by atoms with van der Waals surface area (Å²) in [5, 5.41) is 19.7. The predicted octanol–water partition coefficient (Wildman–Crippen LogP) is 5.48. The second-order valence-electron chi connectivity index (χ2n) is 10.3. The molecule has 0 radical (unpaired) electrons. The van der Waals surface area contributed by atoms with Gasteiger partial charge in [-0.3, -0.25) is 9.05 Å². The van der Waals surface area contributed by atoms with Crippen molar-refractivity contribution < 1.29 is 47.3 Å². The van der Waals surface area contributed by atoms with Gasteiger partial charge in [-0.05, 0) is 58.7 Å². The maximum Gasteiger partial charge on any atom is 0.530 e. The van der Waals surface area contributed by atoms with Crippen molar-refractivity contribution in [1.29, 1.82) is 0 Å². The molecule has 0 saturated carbocycles. The van der Waals surface area contributed by atoms with Crippen molar-refractivity contribution in [3.05, 3.63) is 125 Å². The first kappa shape index (κ1) is 32.7. The summed E-state index contributed by atoms with van der Waals surface area (Å²) in [6.45, 7) is -0.279. The number of phosphoric acid groups is 1. The van der Waals surface area contributed by atoms with Crippen LogP contribution in [-0.4, -0.2) is 63.1 Å². The molecule has 0 bridgehead atoms. The number of hydrogen-bond acceptors (Lipinski definition) is 10. The molecule has 10 nitrogen and oxygen atoms in total. The Labute approximate surface area is 262 Å². The van der Waals surface area contributed by atoms with Crippen LogP contribution in [0.3, 0.4) is 0 Å². The first-order valence-electron chi connectivity index (χ1n) is 14.4. The zero-order chi connectivity index (χ0) is 31.9. The first-order valence-corrected chi connectivity index (χ1v) is 15.8. The highest BCUT2D eigenvalue weighted by atomic mass is 31.2. The minimum atomic E-state index is -4.15. The van der Waals surface area contributed by atoms with Gasteiger partial charge in [-0.25, -0.2) is 4.57 Å². The third kappa shape index (κ3) is 7.24. The van der Waals surface area contributed by atoms with E-state index in [2.05, 4.69) is 0 Å². The molecule has 1 aliphatic rings. The molecule has 5 rings (SSSR count). The highest BCUT2D eigenvalue weighted by Crippen LogP contribution is 2.51. The zero-order valence-electron chi connectivity index (χ0n) is 25.3. The minimum absolute atomic E-state index is 0.0637. The van der Waals surface area contributed by atoms with Crippen molar-refractivity contribution in [3.63, 3.8) is 0 Å². The highest BCUT2D eigenvalue weighted by Gasteiger charge is 2.44. The van der Waals surface area contributed by atoms with Crippen LogP contribution in [0.4, 0.5) is 0 Å². The van der Waals surface area contributed by atoms with E-state index in [0.717, 1.165) is 33.8 Å². The van der Waals surface area contributed by atoms with Gasteiger partial charge in [0, 0.05) is 7.11 Å². The van der Waals surface area contributed by atoms with Crippen molar-refractivity contribution in [3.8, 4) is 17.2 Å². The standard InChI is InChI=1S/C34H37O10P/c1-38-28-17-11-26(12-18-28)34(25-7-5-4-6-8-25,27-13-19-29(39-2)20-14-27)42-22-24-9-15-30(16-10-24)43-45(37,40-3)44-33-31(36)23-41-32(33)21-35/h4-20,31-33,35-36H,21-23H2,1-3H3/t31?,32-,33?,45?/m1/s1. The topological polar surface area (TPSA) is 122 Å². The molecule has 4 aromatic carbocycles. The molecule has 0 spiro atoms. The van der Waals surface area contributed by atoms with Gasteiger partial charge >= 0.3 is 7.82 Å². The van der Waals surface area contributed by atoms with E-state index in [4.69, 9.17) is 32.5 Å². The first-order chi connectivity index (χ1) is 21.8. The SMILES string of the molecule is COc1ccc(C(OCc2ccc(OP(=O)(OC)OC3C(O)CO[C@@H]3CO)cc2)(c2ccccc2)c2ccc(OC)cc2)cc1. The second kappa shape index (κ2) is 14.6. The van der Waals surface area contributed by atoms with Crippen LogP contribution in [0.25, 0.3) is 0 Å². The lowest BCUT2D eigenvalue weighted by Crippen LogP contribution is -2.35. The van der Waals surface area contributed by atoms with E-state index >= 15 is 0 Å². The van der Waals surface area contributed by atoms with Gasteiger partial charge in [-0.15, -0.1) is 0 Å². The van der Waals surface area contributed by atoms with Gasteiger partial charge < -0.3 is 33.7 Å². The molecular formula is C34H37O10P. The molecule has 0 aliphatic carbocycles. The van der Waals surface area contributed by atoms with E-state index in [1.807, 2.05) is 78.9 Å². The summed E-state index contributed by atoms with van der Waals surface area (Å²) < 4.78 is 52.5. The predicted molar refractivity (Wildman–Crippen MR) is 166 cm³/mol. The van der Waals surface area contributed by atoms with Crippen molar-refractivity contribution in [2.75, 3.05) is 34.5 Å². The Morgan fingerprint density at radius 2 is 1.31 bits per heavy atom. The van der Waals surface area contributed by atoms with E-state index in [1.54, 1.807) is 38.5 Å². The molecule has 4 atom stereocenters. The van der Waals surface area contributed by atoms with Gasteiger partial charge in [0.1, 0.15) is 41.2 Å². The minimum Gasteiger partial charge on any atom is -0.497 e. The van der Waals surface area contributed by atoms with Crippen molar-refractivity contribution >= 4 is 7.82 Å². The summed E-state index contributed by atoms with van der Waals surface area (Å²) in [5.41, 5.74) is 2.55. The van der Waals surface area contributed by atoms with Crippen LogP contribution in [0.5, 0.6) is 17.2 Å². The van der Waals surface area contributed by atoms with Crippen LogP contribution in [0.15, 0.2) is 103 Å². The Morgan fingerprint density at radius 1 is 0.778 bits per heavy atom. The molecule has 1 aliphatic heterocycles. The molecule has 2 N–H and O–H groups in total. The number of phosphoric ester groups is 1.